The van der Waals surface area contributed by atoms with Crippen LogP contribution in [0.5, 0.6) is 0 Å². The van der Waals surface area contributed by atoms with Crippen LogP contribution >= 0.6 is 0 Å². The van der Waals surface area contributed by atoms with Crippen LogP contribution < -0.4 is 4.90 Å². The molecule has 0 atom stereocenters. The topological polar surface area (TPSA) is 46.3 Å². The minimum absolute atomic E-state index is 0.0915. The summed E-state index contributed by atoms with van der Waals surface area (Å²) in [7, 11) is 1.79. The number of hydrogen-bond donors (Lipinski definition) is 0. The molecule has 1 aromatic carbocycles. The van der Waals surface area contributed by atoms with Gasteiger partial charge in [-0.25, -0.2) is 0 Å². The number of anilines is 1. The number of amides is 1. The monoisotopic (exact) mass is 270 g/mol. The average molecular weight is 270 g/mol. The lowest BCUT2D eigenvalue weighted by molar-refractivity contribution is 0.0983. The minimum Gasteiger partial charge on any atom is -0.360 e. The molecular weight excluding hydrogens is 252 g/mol. The summed E-state index contributed by atoms with van der Waals surface area (Å²) in [6, 6.07) is 7.84. The van der Waals surface area contributed by atoms with E-state index >= 15 is 0 Å². The first kappa shape index (κ1) is 12.9. The highest BCUT2D eigenvalue weighted by atomic mass is 16.5. The van der Waals surface area contributed by atoms with Gasteiger partial charge in [0.15, 0.2) is 5.69 Å². The molecule has 20 heavy (non-hydrogen) atoms. The molecule has 0 saturated heterocycles. The molecule has 0 bridgehead atoms. The zero-order chi connectivity index (χ0) is 14.1. The zero-order valence-electron chi connectivity index (χ0n) is 11.8. The van der Waals surface area contributed by atoms with Gasteiger partial charge < -0.3 is 9.42 Å². The van der Waals surface area contributed by atoms with E-state index < -0.39 is 0 Å². The summed E-state index contributed by atoms with van der Waals surface area (Å²) >= 11 is 0. The smallest absolute Gasteiger partial charge is 0.280 e. The molecule has 1 aliphatic carbocycles. The summed E-state index contributed by atoms with van der Waals surface area (Å²) in [4.78, 5) is 14.3. The van der Waals surface area contributed by atoms with Gasteiger partial charge in [-0.2, -0.15) is 0 Å². The fraction of sp³-hybridized carbons (Fsp3) is 0.375. The Morgan fingerprint density at radius 2 is 2.00 bits per heavy atom. The number of carbonyl (C=O) groups is 1. The second-order valence-corrected chi connectivity index (χ2v) is 5.29. The molecule has 104 valence electrons. The maximum Gasteiger partial charge on any atom is 0.280 e. The summed E-state index contributed by atoms with van der Waals surface area (Å²) in [5, 5.41) is 4.01. The van der Waals surface area contributed by atoms with Crippen molar-refractivity contribution >= 4 is 11.6 Å². The van der Waals surface area contributed by atoms with E-state index in [1.807, 2.05) is 31.2 Å². The fourth-order valence-electron chi connectivity index (χ4n) is 2.76. The van der Waals surface area contributed by atoms with Crippen molar-refractivity contribution in [3.8, 4) is 0 Å². The second-order valence-electron chi connectivity index (χ2n) is 5.29. The average Bonchev–Trinajstić information content (AvgIpc) is 2.90. The first-order valence-corrected chi connectivity index (χ1v) is 6.99. The van der Waals surface area contributed by atoms with Crippen LogP contribution in [0.4, 0.5) is 5.69 Å². The molecule has 1 aliphatic rings. The summed E-state index contributed by atoms with van der Waals surface area (Å²) in [6.45, 7) is 2.00. The molecule has 4 heteroatoms. The molecule has 0 aliphatic heterocycles. The van der Waals surface area contributed by atoms with Crippen LogP contribution in [0.2, 0.25) is 0 Å². The molecule has 1 aromatic heterocycles. The van der Waals surface area contributed by atoms with Crippen molar-refractivity contribution in [3.05, 3.63) is 46.8 Å². The van der Waals surface area contributed by atoms with Crippen LogP contribution in [0.15, 0.2) is 28.8 Å². The van der Waals surface area contributed by atoms with E-state index in [2.05, 4.69) is 5.16 Å². The molecule has 4 nitrogen and oxygen atoms in total. The van der Waals surface area contributed by atoms with E-state index in [9.17, 15) is 4.79 Å². The van der Waals surface area contributed by atoms with Crippen LogP contribution in [0.25, 0.3) is 0 Å². The lowest BCUT2D eigenvalue weighted by Gasteiger charge is -2.19. The number of para-hydroxylation sites is 1. The van der Waals surface area contributed by atoms with Gasteiger partial charge in [0, 0.05) is 24.7 Å². The quantitative estimate of drug-likeness (QED) is 0.842. The Hall–Kier alpha value is -2.10. The Morgan fingerprint density at radius 1 is 1.25 bits per heavy atom. The van der Waals surface area contributed by atoms with Gasteiger partial charge in [0.25, 0.3) is 5.91 Å². The lowest BCUT2D eigenvalue weighted by atomic mass is 9.96. The summed E-state index contributed by atoms with van der Waals surface area (Å²) in [5.41, 5.74) is 3.46. The predicted octanol–water partition coefficient (Wildman–Crippen LogP) is 3.14. The number of aromatic nitrogens is 1. The summed E-state index contributed by atoms with van der Waals surface area (Å²) in [5.74, 6) is 0.795. The molecule has 3 rings (SSSR count). The number of nitrogens with zero attached hydrogens (tertiary/aromatic N) is 2. The molecule has 0 N–H and O–H groups in total. The minimum atomic E-state index is -0.0915. The van der Waals surface area contributed by atoms with Gasteiger partial charge in [-0.15, -0.1) is 0 Å². The highest BCUT2D eigenvalue weighted by Gasteiger charge is 2.26. The molecule has 1 amide bonds. The molecule has 1 heterocycles. The maximum atomic E-state index is 12.6. The van der Waals surface area contributed by atoms with Gasteiger partial charge in [-0.1, -0.05) is 23.4 Å². The lowest BCUT2D eigenvalue weighted by Crippen LogP contribution is -2.28. The SMILES string of the molecule is Cc1ccccc1N(C)C(=O)c1noc2c1CCCC2. The molecule has 2 aromatic rings. The Balaban J connectivity index is 1.93. The number of aryl methyl sites for hydroxylation is 2. The first-order valence-electron chi connectivity index (χ1n) is 6.99. The maximum absolute atomic E-state index is 12.6. The van der Waals surface area contributed by atoms with Crippen molar-refractivity contribution in [1.82, 2.24) is 5.16 Å². The highest BCUT2D eigenvalue weighted by Crippen LogP contribution is 2.26. The van der Waals surface area contributed by atoms with Crippen molar-refractivity contribution < 1.29 is 9.32 Å². The molecule has 0 radical (unpaired) electrons. The van der Waals surface area contributed by atoms with Crippen LogP contribution in [-0.4, -0.2) is 18.1 Å². The molecule has 0 fully saturated rings. The highest BCUT2D eigenvalue weighted by molar-refractivity contribution is 6.05. The Labute approximate surface area is 118 Å². The summed E-state index contributed by atoms with van der Waals surface area (Å²) < 4.78 is 5.33. The predicted molar refractivity (Wildman–Crippen MR) is 77.1 cm³/mol. The standard InChI is InChI=1S/C16H18N2O2/c1-11-7-3-5-9-13(11)18(2)16(19)15-12-8-4-6-10-14(12)20-17-15/h3,5,7,9H,4,6,8,10H2,1-2H3. The first-order chi connectivity index (χ1) is 9.68. The van der Waals surface area contributed by atoms with Gasteiger partial charge in [-0.05, 0) is 37.8 Å². The van der Waals surface area contributed by atoms with E-state index in [4.69, 9.17) is 4.52 Å². The van der Waals surface area contributed by atoms with E-state index in [0.29, 0.717) is 5.69 Å². The van der Waals surface area contributed by atoms with Crippen molar-refractivity contribution in [3.63, 3.8) is 0 Å². The van der Waals surface area contributed by atoms with Gasteiger partial charge in [-0.3, -0.25) is 4.79 Å². The Morgan fingerprint density at radius 3 is 2.80 bits per heavy atom. The fourth-order valence-corrected chi connectivity index (χ4v) is 2.76. The van der Waals surface area contributed by atoms with E-state index in [1.165, 1.54) is 0 Å². The second kappa shape index (κ2) is 5.12. The largest absolute Gasteiger partial charge is 0.360 e. The third-order valence-electron chi connectivity index (χ3n) is 3.93. The molecule has 0 unspecified atom stereocenters. The molecule has 0 spiro atoms. The van der Waals surface area contributed by atoms with Crippen molar-refractivity contribution in [2.45, 2.75) is 32.6 Å². The molecular formula is C16H18N2O2. The van der Waals surface area contributed by atoms with Crippen LogP contribution in [0, 0.1) is 6.92 Å². The van der Waals surface area contributed by atoms with Crippen LogP contribution in [0.3, 0.4) is 0 Å². The third-order valence-corrected chi connectivity index (χ3v) is 3.93. The van der Waals surface area contributed by atoms with Crippen molar-refractivity contribution in [2.75, 3.05) is 11.9 Å². The van der Waals surface area contributed by atoms with Crippen molar-refractivity contribution in [2.24, 2.45) is 0 Å². The Kier molecular flexibility index (Phi) is 3.30. The number of hydrogen-bond acceptors (Lipinski definition) is 3. The van der Waals surface area contributed by atoms with Gasteiger partial charge >= 0.3 is 0 Å². The van der Waals surface area contributed by atoms with Crippen LogP contribution in [-0.2, 0) is 12.8 Å². The van der Waals surface area contributed by atoms with E-state index in [1.54, 1.807) is 11.9 Å². The van der Waals surface area contributed by atoms with Gasteiger partial charge in [0.1, 0.15) is 5.76 Å². The number of carbonyl (C=O) groups excluding carboxylic acids is 1. The van der Waals surface area contributed by atoms with Gasteiger partial charge in [0.2, 0.25) is 0 Å². The van der Waals surface area contributed by atoms with Crippen LogP contribution in [0.1, 0.15) is 40.2 Å². The normalized spacial score (nSPS) is 13.9. The van der Waals surface area contributed by atoms with Crippen molar-refractivity contribution in [1.29, 1.82) is 0 Å². The number of rotatable bonds is 2. The number of benzene rings is 1. The number of fused-ring (bicyclic) bond motifs is 1. The molecule has 0 saturated carbocycles. The van der Waals surface area contributed by atoms with E-state index in [-0.39, 0.29) is 5.91 Å². The Bertz CT molecular complexity index is 646. The van der Waals surface area contributed by atoms with Gasteiger partial charge in [0.05, 0.1) is 0 Å². The summed E-state index contributed by atoms with van der Waals surface area (Å²) in [6.07, 6.45) is 4.00. The van der Waals surface area contributed by atoms with E-state index in [0.717, 1.165) is 48.3 Å². The zero-order valence-corrected chi connectivity index (χ0v) is 11.8. The third kappa shape index (κ3) is 2.11.